The highest BCUT2D eigenvalue weighted by Gasteiger charge is 2.10. The van der Waals surface area contributed by atoms with Crippen molar-refractivity contribution in [2.45, 2.75) is 6.42 Å². The van der Waals surface area contributed by atoms with Crippen molar-refractivity contribution in [2.75, 3.05) is 0 Å². The molecule has 7 nitrogen and oxygen atoms in total. The highest BCUT2D eigenvalue weighted by molar-refractivity contribution is 5.79. The smallest absolute Gasteiger partial charge is 0.258 e. The maximum atomic E-state index is 13.5. The quantitative estimate of drug-likeness (QED) is 0.434. The molecule has 9 heteroatoms. The molecule has 3 heterocycles. The van der Waals surface area contributed by atoms with E-state index in [4.69, 9.17) is 4.74 Å². The molecule has 0 spiro atoms. The van der Waals surface area contributed by atoms with E-state index in [2.05, 4.69) is 20.1 Å². The fourth-order valence-electron chi connectivity index (χ4n) is 3.54. The number of aromatic nitrogens is 5. The molecule has 5 aromatic rings. The average molecular weight is 445 g/mol. The van der Waals surface area contributed by atoms with E-state index in [0.717, 1.165) is 11.6 Å². The molecule has 0 saturated carbocycles. The van der Waals surface area contributed by atoms with Crippen LogP contribution in [0.3, 0.4) is 0 Å². The zero-order valence-electron chi connectivity index (χ0n) is 17.4. The van der Waals surface area contributed by atoms with Crippen LogP contribution in [-0.4, -0.2) is 24.7 Å². The van der Waals surface area contributed by atoms with Gasteiger partial charge in [0.2, 0.25) is 0 Å². The summed E-state index contributed by atoms with van der Waals surface area (Å²) >= 11 is 0. The second-order valence-electron chi connectivity index (χ2n) is 7.53. The van der Waals surface area contributed by atoms with Crippen LogP contribution in [0.25, 0.3) is 22.2 Å². The Morgan fingerprint density at radius 3 is 2.58 bits per heavy atom. The highest BCUT2D eigenvalue weighted by Crippen LogP contribution is 2.27. The third-order valence-corrected chi connectivity index (χ3v) is 4.99. The van der Waals surface area contributed by atoms with Gasteiger partial charge in [-0.05, 0) is 42.0 Å². The summed E-state index contributed by atoms with van der Waals surface area (Å²) in [5.74, 6) is -0.0488. The van der Waals surface area contributed by atoms with Gasteiger partial charge in [-0.3, -0.25) is 14.5 Å². The number of fused-ring (bicyclic) bond motifs is 1. The Labute approximate surface area is 186 Å². The lowest BCUT2D eigenvalue weighted by molar-refractivity contribution is 0.483. The van der Waals surface area contributed by atoms with Gasteiger partial charge in [-0.1, -0.05) is 0 Å². The molecule has 0 aliphatic rings. The Morgan fingerprint density at radius 1 is 1.03 bits per heavy atom. The van der Waals surface area contributed by atoms with Crippen molar-refractivity contribution < 1.29 is 13.5 Å². The molecule has 164 valence electrons. The van der Waals surface area contributed by atoms with Gasteiger partial charge in [-0.25, -0.2) is 13.8 Å². The third-order valence-electron chi connectivity index (χ3n) is 4.99. The Balaban J connectivity index is 1.41. The average Bonchev–Trinajstić information content (AvgIpc) is 3.20. The summed E-state index contributed by atoms with van der Waals surface area (Å²) in [6.07, 6.45) is 5.28. The second-order valence-corrected chi connectivity index (χ2v) is 7.53. The summed E-state index contributed by atoms with van der Waals surface area (Å²) in [5, 5.41) is 4.48. The van der Waals surface area contributed by atoms with Gasteiger partial charge >= 0.3 is 0 Å². The molecular formula is C24H17F2N5O2. The number of hydrogen-bond acceptors (Lipinski definition) is 5. The zero-order valence-corrected chi connectivity index (χ0v) is 17.4. The number of H-pyrrole nitrogens is 1. The fraction of sp³-hybridized carbons (Fsp3) is 0.0833. The van der Waals surface area contributed by atoms with Crippen LogP contribution in [0, 0.1) is 11.6 Å². The molecule has 5 rings (SSSR count). The van der Waals surface area contributed by atoms with E-state index >= 15 is 0 Å². The van der Waals surface area contributed by atoms with Gasteiger partial charge in [0.05, 0.1) is 22.8 Å². The van der Waals surface area contributed by atoms with Crippen molar-refractivity contribution >= 4 is 10.9 Å². The van der Waals surface area contributed by atoms with Gasteiger partial charge in [0.25, 0.3) is 5.56 Å². The third kappa shape index (κ3) is 4.47. The van der Waals surface area contributed by atoms with Crippen LogP contribution >= 0.6 is 0 Å². The lowest BCUT2D eigenvalue weighted by atomic mass is 10.1. The van der Waals surface area contributed by atoms with Crippen molar-refractivity contribution in [2.24, 2.45) is 7.05 Å². The van der Waals surface area contributed by atoms with Crippen molar-refractivity contribution in [1.82, 2.24) is 24.7 Å². The Hall–Kier alpha value is -4.40. The molecule has 0 aliphatic carbocycles. The maximum Gasteiger partial charge on any atom is 0.258 e. The number of pyridine rings is 1. The molecule has 0 aliphatic heterocycles. The predicted octanol–water partition coefficient (Wildman–Crippen LogP) is 4.38. The van der Waals surface area contributed by atoms with Crippen molar-refractivity contribution in [3.05, 3.63) is 100 Å². The molecule has 33 heavy (non-hydrogen) atoms. The number of aromatic amines is 1. The Morgan fingerprint density at radius 2 is 1.82 bits per heavy atom. The number of ether oxygens (including phenoxy) is 1. The van der Waals surface area contributed by atoms with Gasteiger partial charge in [0, 0.05) is 43.6 Å². The van der Waals surface area contributed by atoms with E-state index in [1.54, 1.807) is 47.4 Å². The maximum absolute atomic E-state index is 13.5. The molecule has 0 atom stereocenters. The normalized spacial score (nSPS) is 11.1. The van der Waals surface area contributed by atoms with E-state index in [-0.39, 0.29) is 12.0 Å². The molecule has 3 aromatic heterocycles. The first-order valence-corrected chi connectivity index (χ1v) is 10.0. The zero-order chi connectivity index (χ0) is 22.9. The summed E-state index contributed by atoms with van der Waals surface area (Å²) in [6.45, 7) is 0. The first-order valence-electron chi connectivity index (χ1n) is 10.0. The number of rotatable bonds is 5. The van der Waals surface area contributed by atoms with Crippen LogP contribution in [0.15, 0.2) is 71.9 Å². The first kappa shape index (κ1) is 20.5. The molecule has 0 unspecified atom stereocenters. The summed E-state index contributed by atoms with van der Waals surface area (Å²) in [5.41, 5.74) is 2.01. The largest absolute Gasteiger partial charge is 0.457 e. The molecule has 0 radical (unpaired) electrons. The number of hydrogen-bond donors (Lipinski definition) is 1. The van der Waals surface area contributed by atoms with Gasteiger partial charge in [-0.2, -0.15) is 5.10 Å². The first-order chi connectivity index (χ1) is 15.9. The topological polar surface area (TPSA) is 85.7 Å². The summed E-state index contributed by atoms with van der Waals surface area (Å²) in [7, 11) is 1.83. The van der Waals surface area contributed by atoms with Crippen LogP contribution in [-0.2, 0) is 13.5 Å². The van der Waals surface area contributed by atoms with Crippen LogP contribution in [0.4, 0.5) is 8.78 Å². The van der Waals surface area contributed by atoms with Gasteiger partial charge in [0.15, 0.2) is 0 Å². The minimum absolute atomic E-state index is 0.0895. The van der Waals surface area contributed by atoms with Crippen molar-refractivity contribution in [1.29, 1.82) is 0 Å². The molecule has 0 bridgehead atoms. The Bertz CT molecular complexity index is 1520. The van der Waals surface area contributed by atoms with Crippen molar-refractivity contribution in [3.8, 4) is 22.8 Å². The monoisotopic (exact) mass is 445 g/mol. The van der Waals surface area contributed by atoms with E-state index in [1.807, 2.05) is 13.2 Å². The summed E-state index contributed by atoms with van der Waals surface area (Å²) < 4.78 is 34.5. The summed E-state index contributed by atoms with van der Waals surface area (Å²) in [6, 6.07) is 11.7. The van der Waals surface area contributed by atoms with Crippen LogP contribution in [0.1, 0.15) is 11.4 Å². The van der Waals surface area contributed by atoms with Gasteiger partial charge in [0.1, 0.15) is 29.0 Å². The van der Waals surface area contributed by atoms with Crippen LogP contribution < -0.4 is 10.3 Å². The minimum atomic E-state index is -0.683. The Kier molecular flexibility index (Phi) is 5.14. The lowest BCUT2D eigenvalue weighted by Gasteiger charge is -2.08. The highest BCUT2D eigenvalue weighted by atomic mass is 19.1. The standard InChI is InChI=1S/C24H17F2N5O2/c1-31-13-15(12-28-31)22-11-19(4-5-27-22)33-18-2-3-21-20(10-18)24(32)30-23(29-21)8-14-6-16(25)9-17(26)7-14/h2-7,9-13H,8H2,1H3,(H,29,30,32). The number of benzene rings is 2. The number of halogens is 2. The fourth-order valence-corrected chi connectivity index (χ4v) is 3.54. The second kappa shape index (κ2) is 8.27. The number of aryl methyl sites for hydroxylation is 1. The molecule has 0 saturated heterocycles. The van der Waals surface area contributed by atoms with E-state index in [9.17, 15) is 13.6 Å². The number of nitrogens with one attached hydrogen (secondary N) is 1. The van der Waals surface area contributed by atoms with Crippen molar-refractivity contribution in [3.63, 3.8) is 0 Å². The molecule has 2 aromatic carbocycles. The van der Waals surface area contributed by atoms with E-state index in [0.29, 0.717) is 39.5 Å². The summed E-state index contributed by atoms with van der Waals surface area (Å²) in [4.78, 5) is 24.1. The predicted molar refractivity (Wildman–Crippen MR) is 118 cm³/mol. The van der Waals surface area contributed by atoms with Crippen LogP contribution in [0.2, 0.25) is 0 Å². The van der Waals surface area contributed by atoms with Gasteiger partial charge < -0.3 is 9.72 Å². The molecule has 1 N–H and O–H groups in total. The van der Waals surface area contributed by atoms with E-state index < -0.39 is 11.6 Å². The molecule has 0 fully saturated rings. The SMILES string of the molecule is Cn1cc(-c2cc(Oc3ccc4nc(Cc5cc(F)cc(F)c5)[nH]c(=O)c4c3)ccn2)cn1. The lowest BCUT2D eigenvalue weighted by Crippen LogP contribution is -2.12. The van der Waals surface area contributed by atoms with E-state index in [1.165, 1.54) is 12.1 Å². The number of nitrogens with zero attached hydrogens (tertiary/aromatic N) is 4. The minimum Gasteiger partial charge on any atom is -0.457 e. The van der Waals surface area contributed by atoms with Crippen LogP contribution in [0.5, 0.6) is 11.5 Å². The molecule has 0 amide bonds. The van der Waals surface area contributed by atoms with Gasteiger partial charge in [-0.15, -0.1) is 0 Å². The molecular weight excluding hydrogens is 428 g/mol.